The lowest BCUT2D eigenvalue weighted by atomic mass is 10.2. The molecule has 1 heterocycles. The van der Waals surface area contributed by atoms with Gasteiger partial charge in [0, 0.05) is 6.07 Å². The Morgan fingerprint density at radius 2 is 2.00 bits per heavy atom. The van der Waals surface area contributed by atoms with Crippen LogP contribution in [0.25, 0.3) is 0 Å². The number of rotatable bonds is 3. The number of nitro groups is 1. The van der Waals surface area contributed by atoms with Gasteiger partial charge >= 0.3 is 11.7 Å². The van der Waals surface area contributed by atoms with E-state index in [1.807, 2.05) is 0 Å². The fourth-order valence-corrected chi connectivity index (χ4v) is 1.16. The highest BCUT2D eigenvalue weighted by Gasteiger charge is 2.24. The number of carbonyl (C=O) groups is 1. The molecule has 1 rings (SSSR count). The van der Waals surface area contributed by atoms with Gasteiger partial charge in [-0.2, -0.15) is 0 Å². The highest BCUT2D eigenvalue weighted by Crippen LogP contribution is 2.28. The van der Waals surface area contributed by atoms with Crippen molar-refractivity contribution in [1.29, 1.82) is 0 Å². The summed E-state index contributed by atoms with van der Waals surface area (Å²) in [4.78, 5) is 25.3. The third-order valence-electron chi connectivity index (χ3n) is 1.83. The first kappa shape index (κ1) is 13.9. The average Bonchev–Trinajstić information content (AvgIpc) is 2.25. The van der Waals surface area contributed by atoms with Gasteiger partial charge in [0.2, 0.25) is 0 Å². The van der Waals surface area contributed by atoms with E-state index in [2.05, 4.69) is 9.72 Å². The fourth-order valence-electron chi connectivity index (χ4n) is 1.16. The van der Waals surface area contributed by atoms with Gasteiger partial charge in [-0.25, -0.2) is 9.78 Å². The molecule has 0 saturated heterocycles. The van der Waals surface area contributed by atoms with Crippen LogP contribution in [0.4, 0.5) is 5.69 Å². The summed E-state index contributed by atoms with van der Waals surface area (Å²) in [6.45, 7) is 5.18. The monoisotopic (exact) mass is 254 g/mol. The molecule has 18 heavy (non-hydrogen) atoms. The van der Waals surface area contributed by atoms with Gasteiger partial charge in [-0.1, -0.05) is 0 Å². The minimum Gasteiger partial charge on any atom is -0.467 e. The molecule has 0 fully saturated rings. The van der Waals surface area contributed by atoms with Gasteiger partial charge in [0.05, 0.1) is 12.0 Å². The number of ether oxygens (including phenoxy) is 2. The minimum atomic E-state index is -0.677. The Labute approximate surface area is 104 Å². The van der Waals surface area contributed by atoms with Crippen LogP contribution in [0.1, 0.15) is 31.3 Å². The number of pyridine rings is 1. The van der Waals surface area contributed by atoms with Gasteiger partial charge in [0.25, 0.3) is 5.88 Å². The standard InChI is InChI=1S/C11H14N2O5/c1-11(2,3)18-9-8(13(15)16)6-5-7(12-9)10(14)17-4/h5-6H,1-4H3. The number of aromatic nitrogens is 1. The van der Waals surface area contributed by atoms with E-state index >= 15 is 0 Å². The van der Waals surface area contributed by atoms with Crippen molar-refractivity contribution in [1.82, 2.24) is 4.98 Å². The molecule has 0 N–H and O–H groups in total. The molecule has 0 unspecified atom stereocenters. The largest absolute Gasteiger partial charge is 0.467 e. The molecule has 0 radical (unpaired) electrons. The molecule has 7 nitrogen and oxygen atoms in total. The van der Waals surface area contributed by atoms with Crippen molar-refractivity contribution < 1.29 is 19.2 Å². The zero-order valence-corrected chi connectivity index (χ0v) is 10.6. The van der Waals surface area contributed by atoms with E-state index in [-0.39, 0.29) is 17.3 Å². The maximum absolute atomic E-state index is 11.3. The van der Waals surface area contributed by atoms with Crippen LogP contribution in [0.5, 0.6) is 5.88 Å². The van der Waals surface area contributed by atoms with Crippen molar-refractivity contribution in [2.75, 3.05) is 7.11 Å². The topological polar surface area (TPSA) is 91.6 Å². The molecule has 0 saturated carbocycles. The zero-order chi connectivity index (χ0) is 13.9. The lowest BCUT2D eigenvalue weighted by molar-refractivity contribution is -0.386. The van der Waals surface area contributed by atoms with Crippen LogP contribution in [-0.2, 0) is 4.74 Å². The number of hydrogen-bond acceptors (Lipinski definition) is 6. The molecule has 7 heteroatoms. The van der Waals surface area contributed by atoms with Crippen molar-refractivity contribution in [3.63, 3.8) is 0 Å². The second-order valence-corrected chi connectivity index (χ2v) is 4.48. The first-order valence-corrected chi connectivity index (χ1v) is 5.17. The number of hydrogen-bond donors (Lipinski definition) is 0. The first-order valence-electron chi connectivity index (χ1n) is 5.17. The second-order valence-electron chi connectivity index (χ2n) is 4.48. The summed E-state index contributed by atoms with van der Waals surface area (Å²) in [5.41, 5.74) is -0.994. The highest BCUT2D eigenvalue weighted by atomic mass is 16.6. The lowest BCUT2D eigenvalue weighted by Crippen LogP contribution is -2.24. The molecule has 0 atom stereocenters. The van der Waals surface area contributed by atoms with E-state index in [0.717, 1.165) is 0 Å². The predicted molar refractivity (Wildman–Crippen MR) is 62.6 cm³/mol. The Morgan fingerprint density at radius 1 is 1.39 bits per heavy atom. The Balaban J connectivity index is 3.24. The van der Waals surface area contributed by atoms with E-state index in [9.17, 15) is 14.9 Å². The average molecular weight is 254 g/mol. The number of esters is 1. The molecule has 0 aliphatic rings. The van der Waals surface area contributed by atoms with Gasteiger partial charge in [0.15, 0.2) is 5.69 Å². The predicted octanol–water partition coefficient (Wildman–Crippen LogP) is 1.95. The van der Waals surface area contributed by atoms with Crippen molar-refractivity contribution >= 4 is 11.7 Å². The van der Waals surface area contributed by atoms with Gasteiger partial charge < -0.3 is 9.47 Å². The van der Waals surface area contributed by atoms with E-state index < -0.39 is 16.5 Å². The van der Waals surface area contributed by atoms with Crippen molar-refractivity contribution in [2.45, 2.75) is 26.4 Å². The lowest BCUT2D eigenvalue weighted by Gasteiger charge is -2.20. The Hall–Kier alpha value is -2.18. The van der Waals surface area contributed by atoms with E-state index in [1.54, 1.807) is 20.8 Å². The fraction of sp³-hybridized carbons (Fsp3) is 0.455. The summed E-state index contributed by atoms with van der Waals surface area (Å²) in [5.74, 6) is -0.876. The zero-order valence-electron chi connectivity index (χ0n) is 10.6. The summed E-state index contributed by atoms with van der Waals surface area (Å²) >= 11 is 0. The number of methoxy groups -OCH3 is 1. The smallest absolute Gasteiger partial charge is 0.356 e. The molecular weight excluding hydrogens is 240 g/mol. The molecule has 0 spiro atoms. The molecule has 0 aliphatic heterocycles. The van der Waals surface area contributed by atoms with Crippen LogP contribution in [0.3, 0.4) is 0 Å². The third kappa shape index (κ3) is 3.41. The number of nitrogens with zero attached hydrogens (tertiary/aromatic N) is 2. The van der Waals surface area contributed by atoms with Crippen molar-refractivity contribution in [2.24, 2.45) is 0 Å². The summed E-state index contributed by atoms with van der Waals surface area (Å²) in [6.07, 6.45) is 0. The molecular formula is C11H14N2O5. The molecule has 1 aromatic heterocycles. The molecule has 0 bridgehead atoms. The van der Waals surface area contributed by atoms with Gasteiger partial charge in [-0.05, 0) is 26.8 Å². The minimum absolute atomic E-state index is 0.0395. The first-order chi connectivity index (χ1) is 8.24. The maximum Gasteiger partial charge on any atom is 0.356 e. The van der Waals surface area contributed by atoms with Gasteiger partial charge in [-0.3, -0.25) is 10.1 Å². The van der Waals surface area contributed by atoms with E-state index in [1.165, 1.54) is 19.2 Å². The van der Waals surface area contributed by atoms with Crippen LogP contribution in [-0.4, -0.2) is 28.6 Å². The van der Waals surface area contributed by atoms with Crippen molar-refractivity contribution in [3.8, 4) is 5.88 Å². The highest BCUT2D eigenvalue weighted by molar-refractivity contribution is 5.87. The van der Waals surface area contributed by atoms with Crippen LogP contribution in [0.15, 0.2) is 12.1 Å². The van der Waals surface area contributed by atoms with Crippen LogP contribution >= 0.6 is 0 Å². The summed E-state index contributed by atoms with van der Waals surface area (Å²) in [5, 5.41) is 10.8. The Kier molecular flexibility index (Phi) is 3.85. The molecule has 0 aliphatic carbocycles. The van der Waals surface area contributed by atoms with Crippen molar-refractivity contribution in [3.05, 3.63) is 27.9 Å². The van der Waals surface area contributed by atoms with Crippen LogP contribution in [0, 0.1) is 10.1 Å². The second kappa shape index (κ2) is 4.99. The summed E-state index contributed by atoms with van der Waals surface area (Å²) in [7, 11) is 1.20. The molecule has 1 aromatic rings. The quantitative estimate of drug-likeness (QED) is 0.465. The molecule has 98 valence electrons. The maximum atomic E-state index is 11.3. The number of carbonyl (C=O) groups excluding carboxylic acids is 1. The molecule has 0 amide bonds. The van der Waals surface area contributed by atoms with Gasteiger partial charge in [-0.15, -0.1) is 0 Å². The summed E-state index contributed by atoms with van der Waals surface area (Å²) < 4.78 is 9.86. The Bertz CT molecular complexity index is 479. The van der Waals surface area contributed by atoms with Gasteiger partial charge in [0.1, 0.15) is 5.60 Å². The van der Waals surface area contributed by atoms with Crippen LogP contribution in [0.2, 0.25) is 0 Å². The normalized spacial score (nSPS) is 10.9. The molecule has 0 aromatic carbocycles. The summed E-state index contributed by atoms with van der Waals surface area (Å²) in [6, 6.07) is 2.39. The van der Waals surface area contributed by atoms with E-state index in [4.69, 9.17) is 4.74 Å². The Morgan fingerprint density at radius 3 is 2.44 bits per heavy atom. The third-order valence-corrected chi connectivity index (χ3v) is 1.83. The SMILES string of the molecule is COC(=O)c1ccc([N+](=O)[O-])c(OC(C)(C)C)n1. The van der Waals surface area contributed by atoms with E-state index in [0.29, 0.717) is 0 Å². The van der Waals surface area contributed by atoms with Crippen LogP contribution < -0.4 is 4.74 Å².